The van der Waals surface area contributed by atoms with Crippen molar-refractivity contribution in [2.24, 2.45) is 7.05 Å². The second-order valence-corrected chi connectivity index (χ2v) is 11.9. The van der Waals surface area contributed by atoms with E-state index in [1.165, 1.54) is 27.3 Å². The molecule has 4 aromatic rings. The number of imidazole rings is 1. The molecule has 0 saturated carbocycles. The molecule has 0 radical (unpaired) electrons. The van der Waals surface area contributed by atoms with E-state index in [0.717, 1.165) is 18.2 Å². The summed E-state index contributed by atoms with van der Waals surface area (Å²) in [5.41, 5.74) is -0.0386. The van der Waals surface area contributed by atoms with Gasteiger partial charge in [0.2, 0.25) is 0 Å². The van der Waals surface area contributed by atoms with Gasteiger partial charge >= 0.3 is 11.9 Å². The molecule has 0 unspecified atom stereocenters. The first-order valence-corrected chi connectivity index (χ1v) is 13.8. The zero-order valence-corrected chi connectivity index (χ0v) is 24.4. The van der Waals surface area contributed by atoms with E-state index in [0.29, 0.717) is 37.4 Å². The lowest BCUT2D eigenvalue weighted by molar-refractivity contribution is -0.137. The lowest BCUT2D eigenvalue weighted by atomic mass is 9.95. The molecule has 0 bridgehead atoms. The minimum absolute atomic E-state index is 0.0144. The highest BCUT2D eigenvalue weighted by molar-refractivity contribution is 6.32. The average Bonchev–Trinajstić information content (AvgIpc) is 3.26. The van der Waals surface area contributed by atoms with Gasteiger partial charge in [-0.05, 0) is 68.3 Å². The van der Waals surface area contributed by atoms with Crippen LogP contribution in [0.4, 0.5) is 23.2 Å². The largest absolute Gasteiger partial charge is 0.507 e. The van der Waals surface area contributed by atoms with Crippen LogP contribution in [0.1, 0.15) is 26.3 Å². The number of aromatic nitrogens is 2. The Morgan fingerprint density at radius 1 is 0.833 bits per heavy atom. The van der Waals surface area contributed by atoms with E-state index < -0.39 is 17.6 Å². The molecule has 11 heteroatoms. The van der Waals surface area contributed by atoms with Crippen molar-refractivity contribution in [3.05, 3.63) is 87.8 Å². The van der Waals surface area contributed by atoms with Crippen LogP contribution in [0.15, 0.2) is 65.7 Å². The summed E-state index contributed by atoms with van der Waals surface area (Å²) in [6, 6.07) is 10.5. The van der Waals surface area contributed by atoms with Crippen molar-refractivity contribution < 1.29 is 22.7 Å². The van der Waals surface area contributed by atoms with Crippen molar-refractivity contribution in [1.82, 2.24) is 14.0 Å². The fraction of sp³-hybridized carbons (Fsp3) is 0.323. The summed E-state index contributed by atoms with van der Waals surface area (Å²) in [7, 11) is 1.60. The molecule has 42 heavy (non-hydrogen) atoms. The average molecular weight is 603 g/mol. The molecule has 3 aromatic carbocycles. The molecule has 0 amide bonds. The topological polar surface area (TPSA) is 53.6 Å². The molecule has 1 fully saturated rings. The quantitative estimate of drug-likeness (QED) is 0.257. The number of aryl methyl sites for hydroxylation is 1. The molecule has 1 aromatic heterocycles. The van der Waals surface area contributed by atoms with E-state index in [4.69, 9.17) is 11.6 Å². The summed E-state index contributed by atoms with van der Waals surface area (Å²) in [5, 5.41) is 11.5. The van der Waals surface area contributed by atoms with Gasteiger partial charge in [0.1, 0.15) is 11.6 Å². The van der Waals surface area contributed by atoms with Crippen LogP contribution >= 0.6 is 11.6 Å². The van der Waals surface area contributed by atoms with Crippen LogP contribution < -0.4 is 10.6 Å². The molecule has 0 atom stereocenters. The van der Waals surface area contributed by atoms with Gasteiger partial charge < -0.3 is 14.6 Å². The summed E-state index contributed by atoms with van der Waals surface area (Å²) >= 11 is 6.49. The minimum atomic E-state index is -4.59. The Kier molecular flexibility index (Phi) is 7.66. The van der Waals surface area contributed by atoms with E-state index in [9.17, 15) is 27.5 Å². The number of hydrogen-bond donors (Lipinski definition) is 1. The van der Waals surface area contributed by atoms with Crippen molar-refractivity contribution in [1.29, 1.82) is 0 Å². The number of piperazine rings is 1. The lowest BCUT2D eigenvalue weighted by Crippen LogP contribution is -2.53. The highest BCUT2D eigenvalue weighted by atomic mass is 35.5. The normalized spacial score (nSPS) is 14.9. The van der Waals surface area contributed by atoms with Gasteiger partial charge in [-0.15, -0.1) is 0 Å². The molecule has 5 rings (SSSR count). The van der Waals surface area contributed by atoms with Crippen molar-refractivity contribution in [2.45, 2.75) is 32.5 Å². The van der Waals surface area contributed by atoms with Gasteiger partial charge in [-0.25, -0.2) is 9.18 Å². The van der Waals surface area contributed by atoms with E-state index in [1.54, 1.807) is 36.5 Å². The zero-order chi connectivity index (χ0) is 30.6. The third-order valence-corrected chi connectivity index (χ3v) is 8.03. The zero-order valence-electron chi connectivity index (χ0n) is 23.6. The molecule has 1 N–H and O–H groups in total. The van der Waals surface area contributed by atoms with E-state index in [-0.39, 0.29) is 44.4 Å². The number of rotatable bonds is 4. The lowest BCUT2D eigenvalue weighted by Gasteiger charge is -2.43. The third kappa shape index (κ3) is 5.65. The molecule has 222 valence electrons. The number of hydrogen-bond acceptors (Lipinski definition) is 4. The van der Waals surface area contributed by atoms with E-state index in [2.05, 4.69) is 25.7 Å². The van der Waals surface area contributed by atoms with Crippen LogP contribution in [-0.2, 0) is 13.2 Å². The standard InChI is InChI=1S/C31H31ClF4N4O2/c1-30(2,3)39-12-10-38(11-13-39)27-16-20(5-7-24(27)31(34,35)36)23-18-21(33)17-22(28(23)41)19-6-8-26(25(32)15-19)40-14-9-37(4)29(40)42/h5-9,14-18,41H,10-13H2,1-4H3. The maximum atomic E-state index is 15.0. The Hall–Kier alpha value is -3.76. The van der Waals surface area contributed by atoms with Gasteiger partial charge in [0.15, 0.2) is 0 Å². The maximum Gasteiger partial charge on any atom is 0.418 e. The van der Waals surface area contributed by atoms with Gasteiger partial charge in [0, 0.05) is 68.0 Å². The number of benzene rings is 3. The molecular weight excluding hydrogens is 572 g/mol. The van der Waals surface area contributed by atoms with Gasteiger partial charge in [-0.2, -0.15) is 13.2 Å². The molecule has 0 spiro atoms. The summed E-state index contributed by atoms with van der Waals surface area (Å²) in [6.07, 6.45) is -1.45. The van der Waals surface area contributed by atoms with Crippen molar-refractivity contribution in [3.8, 4) is 33.7 Å². The van der Waals surface area contributed by atoms with Crippen molar-refractivity contribution >= 4 is 17.3 Å². The highest BCUT2D eigenvalue weighted by Gasteiger charge is 2.36. The van der Waals surface area contributed by atoms with Gasteiger partial charge in [-0.1, -0.05) is 23.7 Å². The first-order valence-electron chi connectivity index (χ1n) is 13.4. The number of halogens is 5. The summed E-state index contributed by atoms with van der Waals surface area (Å²) in [4.78, 5) is 16.3. The van der Waals surface area contributed by atoms with Crippen molar-refractivity contribution in [3.63, 3.8) is 0 Å². The van der Waals surface area contributed by atoms with Crippen LogP contribution in [0.2, 0.25) is 5.02 Å². The minimum Gasteiger partial charge on any atom is -0.507 e. The Labute approximate surface area is 246 Å². The molecule has 1 saturated heterocycles. The predicted octanol–water partition coefficient (Wildman–Crippen LogP) is 6.95. The number of nitrogens with zero attached hydrogens (tertiary/aromatic N) is 4. The number of phenolic OH excluding ortho intramolecular Hbond substituents is 1. The van der Waals surface area contributed by atoms with Gasteiger partial charge in [0.25, 0.3) is 0 Å². The van der Waals surface area contributed by atoms with Crippen LogP contribution in [0.25, 0.3) is 27.9 Å². The summed E-state index contributed by atoms with van der Waals surface area (Å²) < 4.78 is 59.9. The van der Waals surface area contributed by atoms with Gasteiger partial charge in [-0.3, -0.25) is 9.47 Å². The SMILES string of the molecule is Cn1ccn(-c2ccc(-c3cc(F)cc(-c4ccc(C(F)(F)F)c(N5CCN(C(C)(C)C)CC5)c4)c3O)cc2Cl)c1=O. The monoisotopic (exact) mass is 602 g/mol. The predicted molar refractivity (Wildman–Crippen MR) is 157 cm³/mol. The van der Waals surface area contributed by atoms with Crippen LogP contribution in [0, 0.1) is 5.82 Å². The first kappa shape index (κ1) is 29.7. The Balaban J connectivity index is 1.55. The second kappa shape index (κ2) is 10.8. The summed E-state index contributed by atoms with van der Waals surface area (Å²) in [5.74, 6) is -0.988. The Morgan fingerprint density at radius 2 is 1.43 bits per heavy atom. The Morgan fingerprint density at radius 3 is 1.95 bits per heavy atom. The fourth-order valence-corrected chi connectivity index (χ4v) is 5.65. The molecule has 6 nitrogen and oxygen atoms in total. The van der Waals surface area contributed by atoms with Crippen LogP contribution in [-0.4, -0.2) is 50.9 Å². The maximum absolute atomic E-state index is 15.0. The smallest absolute Gasteiger partial charge is 0.418 e. The number of aromatic hydroxyl groups is 1. The van der Waals surface area contributed by atoms with E-state index in [1.807, 2.05) is 0 Å². The number of phenols is 1. The van der Waals surface area contributed by atoms with Crippen LogP contribution in [0.5, 0.6) is 5.75 Å². The fourth-order valence-electron chi connectivity index (χ4n) is 5.38. The molecular formula is C31H31ClF4N4O2. The van der Waals surface area contributed by atoms with Crippen LogP contribution in [0.3, 0.4) is 0 Å². The molecule has 2 heterocycles. The molecule has 1 aliphatic rings. The molecule has 1 aliphatic heterocycles. The van der Waals surface area contributed by atoms with Gasteiger partial charge in [0.05, 0.1) is 16.3 Å². The number of alkyl halides is 3. The third-order valence-electron chi connectivity index (χ3n) is 7.72. The van der Waals surface area contributed by atoms with Crippen molar-refractivity contribution in [2.75, 3.05) is 31.1 Å². The number of anilines is 1. The highest BCUT2D eigenvalue weighted by Crippen LogP contribution is 2.44. The molecule has 0 aliphatic carbocycles. The second-order valence-electron chi connectivity index (χ2n) is 11.5. The summed E-state index contributed by atoms with van der Waals surface area (Å²) in [6.45, 7) is 8.16. The van der Waals surface area contributed by atoms with E-state index >= 15 is 0 Å². The Bertz CT molecular complexity index is 1700. The first-order chi connectivity index (χ1) is 19.6.